The van der Waals surface area contributed by atoms with Crippen molar-refractivity contribution in [3.05, 3.63) is 0 Å². The second-order valence-electron chi connectivity index (χ2n) is 3.95. The maximum Gasteiger partial charge on any atom is 0.376 e. The van der Waals surface area contributed by atoms with Crippen molar-refractivity contribution in [1.29, 1.82) is 0 Å². The van der Waals surface area contributed by atoms with Crippen molar-refractivity contribution in [1.82, 2.24) is 9.53 Å². The van der Waals surface area contributed by atoms with Crippen molar-refractivity contribution in [3.8, 4) is 0 Å². The summed E-state index contributed by atoms with van der Waals surface area (Å²) in [7, 11) is -4.09. The van der Waals surface area contributed by atoms with Gasteiger partial charge in [0, 0.05) is 6.54 Å². The first kappa shape index (κ1) is 10.4. The van der Waals surface area contributed by atoms with Gasteiger partial charge in [-0.05, 0) is 19.8 Å². The summed E-state index contributed by atoms with van der Waals surface area (Å²) < 4.78 is 29.3. The van der Waals surface area contributed by atoms with Gasteiger partial charge in [0.1, 0.15) is 0 Å². The Kier molecular flexibility index (Phi) is 2.35. The Hall–Kier alpha value is -0.145. The zero-order valence-corrected chi connectivity index (χ0v) is 8.75. The van der Waals surface area contributed by atoms with Crippen molar-refractivity contribution < 1.29 is 17.6 Å². The minimum absolute atomic E-state index is 0.165. The monoisotopic (exact) mass is 220 g/mol. The van der Waals surface area contributed by atoms with E-state index in [9.17, 15) is 13.4 Å². The van der Waals surface area contributed by atoms with Gasteiger partial charge in [0.05, 0.1) is 12.1 Å². The van der Waals surface area contributed by atoms with E-state index in [0.29, 0.717) is 19.5 Å². The zero-order chi connectivity index (χ0) is 10.4. The van der Waals surface area contributed by atoms with E-state index in [2.05, 4.69) is 8.91 Å². The van der Waals surface area contributed by atoms with Crippen LogP contribution in [-0.2, 0) is 14.5 Å². The molecule has 0 unspecified atom stereocenters. The summed E-state index contributed by atoms with van der Waals surface area (Å²) in [5.74, 6) is 0. The van der Waals surface area contributed by atoms with Gasteiger partial charge in [-0.25, -0.2) is 0 Å². The molecule has 2 aliphatic heterocycles. The molecular weight excluding hydrogens is 207 g/mol. The lowest BCUT2D eigenvalue weighted by atomic mass is 9.85. The van der Waals surface area contributed by atoms with E-state index in [0.717, 1.165) is 0 Å². The highest BCUT2D eigenvalue weighted by Gasteiger charge is 2.48. The van der Waals surface area contributed by atoms with E-state index < -0.39 is 22.9 Å². The summed E-state index contributed by atoms with van der Waals surface area (Å²) in [6.45, 7) is 3.02. The summed E-state index contributed by atoms with van der Waals surface area (Å²) in [5, 5.41) is 9.33. The van der Waals surface area contributed by atoms with Gasteiger partial charge < -0.3 is 9.83 Å². The molecule has 2 aliphatic rings. The first-order valence-corrected chi connectivity index (χ1v) is 5.94. The van der Waals surface area contributed by atoms with E-state index in [1.165, 1.54) is 0 Å². The Morgan fingerprint density at radius 3 is 2.79 bits per heavy atom. The minimum atomic E-state index is -3.55. The van der Waals surface area contributed by atoms with Gasteiger partial charge in [0.25, 0.3) is 0 Å². The Bertz CT molecular complexity index is 333. The molecule has 2 fully saturated rings. The average molecular weight is 220 g/mol. The van der Waals surface area contributed by atoms with E-state index in [1.807, 2.05) is 4.81 Å². The maximum atomic E-state index is 11.1. The van der Waals surface area contributed by atoms with Crippen LogP contribution in [-0.4, -0.2) is 50.5 Å². The predicted octanol–water partition coefficient (Wildman–Crippen LogP) is -1.59. The molecule has 8 heteroatoms. The van der Waals surface area contributed by atoms with Crippen LogP contribution in [0.5, 0.6) is 0 Å². The van der Waals surface area contributed by atoms with Crippen molar-refractivity contribution in [2.75, 3.05) is 19.7 Å². The molecule has 0 saturated carbocycles. The fourth-order valence-corrected chi connectivity index (χ4v) is 3.13. The third-order valence-electron chi connectivity index (χ3n) is 2.74. The molecule has 2 rings (SSSR count). The molecule has 1 spiro atoms. The molecule has 2 N–H and O–H groups in total. The van der Waals surface area contributed by atoms with Crippen molar-refractivity contribution in [2.24, 2.45) is 0 Å². The van der Waals surface area contributed by atoms with Gasteiger partial charge in [-0.15, -0.1) is 0 Å². The smallest absolute Gasteiger partial charge is 0.376 e. The standard InChI is InChI=1S/C6H13BN2O4S/c1-7(10)9-3-2-6(4-9)5-13-14(11,12)8-6/h8,10H,2-5H2,1H3/t6-/m1/s1. The highest BCUT2D eigenvalue weighted by molar-refractivity contribution is 7.85. The Morgan fingerprint density at radius 1 is 1.64 bits per heavy atom. The molecule has 0 aliphatic carbocycles. The SMILES string of the molecule is CB(O)N1CC[C@]2(COS(=O)(=O)N2)C1. The van der Waals surface area contributed by atoms with Crippen LogP contribution in [0.4, 0.5) is 0 Å². The van der Waals surface area contributed by atoms with Crippen LogP contribution in [0, 0.1) is 0 Å². The minimum Gasteiger partial charge on any atom is -0.437 e. The molecule has 6 nitrogen and oxygen atoms in total. The first-order valence-electron chi connectivity index (χ1n) is 4.53. The topological polar surface area (TPSA) is 78.9 Å². The summed E-state index contributed by atoms with van der Waals surface area (Å²) >= 11 is 0. The van der Waals surface area contributed by atoms with Crippen LogP contribution in [0.15, 0.2) is 0 Å². The van der Waals surface area contributed by atoms with Gasteiger partial charge in [-0.1, -0.05) is 0 Å². The molecule has 80 valence electrons. The number of hydrogen-bond acceptors (Lipinski definition) is 5. The van der Waals surface area contributed by atoms with Gasteiger partial charge in [-0.3, -0.25) is 4.18 Å². The second kappa shape index (κ2) is 3.17. The molecule has 0 aromatic heterocycles. The molecule has 0 amide bonds. The molecule has 0 aromatic carbocycles. The average Bonchev–Trinajstić information content (AvgIpc) is 2.58. The van der Waals surface area contributed by atoms with Crippen LogP contribution < -0.4 is 4.72 Å². The third kappa shape index (κ3) is 1.80. The Labute approximate surface area is 83.6 Å². The molecule has 0 aromatic rings. The molecule has 0 bridgehead atoms. The number of hydrogen-bond donors (Lipinski definition) is 2. The molecule has 1 atom stereocenters. The fourth-order valence-electron chi connectivity index (χ4n) is 1.94. The summed E-state index contributed by atoms with van der Waals surface area (Å²) in [6, 6.07) is 0. The highest BCUT2D eigenvalue weighted by Crippen LogP contribution is 2.27. The van der Waals surface area contributed by atoms with Gasteiger partial charge >= 0.3 is 17.4 Å². The molecule has 2 heterocycles. The van der Waals surface area contributed by atoms with Gasteiger partial charge in [-0.2, -0.15) is 13.1 Å². The molecular formula is C6H13BN2O4S. The maximum absolute atomic E-state index is 11.1. The summed E-state index contributed by atoms with van der Waals surface area (Å²) in [4.78, 5) is 1.82. The van der Waals surface area contributed by atoms with Crippen LogP contribution in [0.25, 0.3) is 0 Å². The predicted molar refractivity (Wildman–Crippen MR) is 50.8 cm³/mol. The molecule has 2 saturated heterocycles. The Morgan fingerprint density at radius 2 is 2.36 bits per heavy atom. The van der Waals surface area contributed by atoms with Gasteiger partial charge in [0.2, 0.25) is 0 Å². The van der Waals surface area contributed by atoms with E-state index >= 15 is 0 Å². The van der Waals surface area contributed by atoms with E-state index in [1.54, 1.807) is 6.82 Å². The van der Waals surface area contributed by atoms with Gasteiger partial charge in [0.15, 0.2) is 0 Å². The van der Waals surface area contributed by atoms with Crippen molar-refractivity contribution >= 4 is 17.4 Å². The normalized spacial score (nSPS) is 36.7. The lowest BCUT2D eigenvalue weighted by molar-refractivity contribution is 0.272. The van der Waals surface area contributed by atoms with E-state index in [4.69, 9.17) is 0 Å². The largest absolute Gasteiger partial charge is 0.437 e. The first-order chi connectivity index (χ1) is 6.43. The van der Waals surface area contributed by atoms with Crippen LogP contribution in [0.1, 0.15) is 6.42 Å². The van der Waals surface area contributed by atoms with Crippen molar-refractivity contribution in [3.63, 3.8) is 0 Å². The Balaban J connectivity index is 2.08. The number of nitrogens with zero attached hydrogens (tertiary/aromatic N) is 1. The van der Waals surface area contributed by atoms with Crippen molar-refractivity contribution in [2.45, 2.75) is 18.8 Å². The quantitative estimate of drug-likeness (QED) is 0.520. The van der Waals surface area contributed by atoms with Crippen LogP contribution in [0.3, 0.4) is 0 Å². The van der Waals surface area contributed by atoms with Crippen LogP contribution in [0.2, 0.25) is 6.82 Å². The highest BCUT2D eigenvalue weighted by atomic mass is 32.2. The lowest BCUT2D eigenvalue weighted by Gasteiger charge is -2.21. The summed E-state index contributed by atoms with van der Waals surface area (Å²) in [5.41, 5.74) is -0.518. The summed E-state index contributed by atoms with van der Waals surface area (Å²) in [6.07, 6.45) is 0.678. The fraction of sp³-hybridized carbons (Fsp3) is 1.00. The second-order valence-corrected chi connectivity index (χ2v) is 5.30. The zero-order valence-electron chi connectivity index (χ0n) is 7.93. The van der Waals surface area contributed by atoms with E-state index in [-0.39, 0.29) is 6.61 Å². The number of rotatable bonds is 1. The van der Waals surface area contributed by atoms with Crippen LogP contribution >= 0.6 is 0 Å². The molecule has 0 radical (unpaired) electrons. The number of nitrogens with one attached hydrogen (secondary N) is 1. The molecule has 14 heavy (non-hydrogen) atoms. The lowest BCUT2D eigenvalue weighted by Crippen LogP contribution is -2.47. The third-order valence-corrected chi connectivity index (χ3v) is 3.85.